The molecule has 1 amide bonds. The van der Waals surface area contributed by atoms with Crippen LogP contribution < -0.4 is 5.32 Å². The highest BCUT2D eigenvalue weighted by molar-refractivity contribution is 5.76. The molecule has 0 rings (SSSR count). The van der Waals surface area contributed by atoms with Gasteiger partial charge in [0, 0.05) is 12.8 Å². The molecule has 0 aromatic heterocycles. The van der Waals surface area contributed by atoms with E-state index in [4.69, 9.17) is 4.74 Å². The van der Waals surface area contributed by atoms with Crippen molar-refractivity contribution in [2.75, 3.05) is 13.2 Å². The molecule has 0 aromatic carbocycles. The maximum absolute atomic E-state index is 12.5. The summed E-state index contributed by atoms with van der Waals surface area (Å²) in [5.41, 5.74) is 0. The van der Waals surface area contributed by atoms with Gasteiger partial charge in [-0.25, -0.2) is 0 Å². The van der Waals surface area contributed by atoms with E-state index in [1.54, 1.807) is 6.08 Å². The van der Waals surface area contributed by atoms with Gasteiger partial charge < -0.3 is 20.3 Å². The summed E-state index contributed by atoms with van der Waals surface area (Å²) in [5.74, 6) is -0.0319. The normalized spacial score (nSPS) is 12.5. The zero-order valence-corrected chi connectivity index (χ0v) is 58.8. The van der Waals surface area contributed by atoms with E-state index in [0.29, 0.717) is 19.4 Å². The summed E-state index contributed by atoms with van der Waals surface area (Å²) < 4.78 is 5.51. The molecule has 0 aromatic rings. The predicted octanol–water partition coefficient (Wildman–Crippen LogP) is 26.3. The third-order valence-electron chi connectivity index (χ3n) is 19.1. The van der Waals surface area contributed by atoms with Crippen molar-refractivity contribution in [3.8, 4) is 0 Å². The number of amides is 1. The summed E-state index contributed by atoms with van der Waals surface area (Å²) >= 11 is 0. The Labute approximate surface area is 539 Å². The van der Waals surface area contributed by atoms with Crippen LogP contribution in [0, 0.1) is 0 Å². The number of carbonyl (C=O) groups is 2. The van der Waals surface area contributed by atoms with E-state index in [-0.39, 0.29) is 18.5 Å². The number of ether oxygens (including phenoxy) is 1. The molecule has 2 unspecified atom stereocenters. The van der Waals surface area contributed by atoms with Gasteiger partial charge in [-0.15, -0.1) is 0 Å². The number of aliphatic hydroxyl groups excluding tert-OH is 2. The minimum Gasteiger partial charge on any atom is -0.466 e. The molecule has 0 fully saturated rings. The first kappa shape index (κ1) is 84.6. The third-order valence-corrected chi connectivity index (χ3v) is 19.1. The highest BCUT2D eigenvalue weighted by Gasteiger charge is 2.18. The van der Waals surface area contributed by atoms with Crippen molar-refractivity contribution in [1.29, 1.82) is 0 Å². The van der Waals surface area contributed by atoms with Crippen LogP contribution in [0.5, 0.6) is 0 Å². The van der Waals surface area contributed by atoms with Gasteiger partial charge in [-0.2, -0.15) is 0 Å². The molecule has 3 N–H and O–H groups in total. The molecule has 2 atom stereocenters. The molecule has 0 bridgehead atoms. The molecule has 0 aliphatic carbocycles. The van der Waals surface area contributed by atoms with E-state index in [1.807, 2.05) is 6.08 Å². The molecular weight excluding hydrogens is 1050 g/mol. The van der Waals surface area contributed by atoms with Crippen molar-refractivity contribution < 1.29 is 24.5 Å². The number of carbonyl (C=O) groups excluding carboxylic acids is 2. The first-order chi connectivity index (χ1) is 42.5. The van der Waals surface area contributed by atoms with E-state index in [2.05, 4.69) is 19.2 Å². The van der Waals surface area contributed by atoms with Crippen LogP contribution in [-0.2, 0) is 14.3 Å². The molecule has 6 nitrogen and oxygen atoms in total. The highest BCUT2D eigenvalue weighted by atomic mass is 16.5. The number of aliphatic hydroxyl groups is 2. The van der Waals surface area contributed by atoms with Gasteiger partial charge in [0.1, 0.15) is 0 Å². The Morgan fingerprint density at radius 3 is 0.791 bits per heavy atom. The molecule has 0 radical (unpaired) electrons. The number of nitrogens with one attached hydrogen (secondary N) is 1. The summed E-state index contributed by atoms with van der Waals surface area (Å²) in [4.78, 5) is 24.6. The van der Waals surface area contributed by atoms with E-state index in [1.165, 1.54) is 398 Å². The zero-order chi connectivity index (χ0) is 62.0. The fraction of sp³-hybridized carbons (Fsp3) is 0.950. The SMILES string of the molecule is CCCCCCCCCCCCCCCCCCCC/C=C/C(O)C(CO)NC(=O)CCCCCCCCCCCCCCCCCCCCCCCCCCCCCCCCCCCOC(=O)CCCCCCCCCCCCCCCCCC. The average Bonchev–Trinajstić information content (AvgIpc) is 3.61. The van der Waals surface area contributed by atoms with Crippen LogP contribution in [0.1, 0.15) is 463 Å². The topological polar surface area (TPSA) is 95.9 Å². The zero-order valence-electron chi connectivity index (χ0n) is 58.8. The van der Waals surface area contributed by atoms with Gasteiger partial charge in [0.05, 0.1) is 25.4 Å². The first-order valence-corrected chi connectivity index (χ1v) is 40.0. The van der Waals surface area contributed by atoms with Gasteiger partial charge in [0.2, 0.25) is 5.91 Å². The first-order valence-electron chi connectivity index (χ1n) is 40.0. The summed E-state index contributed by atoms with van der Waals surface area (Å²) in [5, 5.41) is 23.3. The molecule has 86 heavy (non-hydrogen) atoms. The molecule has 0 aliphatic heterocycles. The van der Waals surface area contributed by atoms with Crippen LogP contribution in [0.25, 0.3) is 0 Å². The molecule has 512 valence electrons. The Morgan fingerprint density at radius 1 is 0.314 bits per heavy atom. The van der Waals surface area contributed by atoms with Crippen LogP contribution >= 0.6 is 0 Å². The maximum Gasteiger partial charge on any atom is 0.305 e. The fourth-order valence-electron chi connectivity index (χ4n) is 13.0. The number of rotatable bonds is 76. The van der Waals surface area contributed by atoms with E-state index < -0.39 is 12.1 Å². The second-order valence-electron chi connectivity index (χ2n) is 27.8. The number of allylic oxidation sites excluding steroid dienone is 1. The van der Waals surface area contributed by atoms with Gasteiger partial charge in [0.25, 0.3) is 0 Å². The lowest BCUT2D eigenvalue weighted by Gasteiger charge is -2.20. The van der Waals surface area contributed by atoms with Crippen molar-refractivity contribution in [2.45, 2.75) is 475 Å². The molecule has 0 saturated carbocycles. The average molecular weight is 1210 g/mol. The summed E-state index contributed by atoms with van der Waals surface area (Å²) in [6, 6.07) is -0.624. The Balaban J connectivity index is 3.32. The number of hydrogen-bond donors (Lipinski definition) is 3. The van der Waals surface area contributed by atoms with Crippen LogP contribution in [0.3, 0.4) is 0 Å². The monoisotopic (exact) mass is 1210 g/mol. The molecule has 0 heterocycles. The van der Waals surface area contributed by atoms with Crippen molar-refractivity contribution in [1.82, 2.24) is 5.32 Å². The lowest BCUT2D eigenvalue weighted by Crippen LogP contribution is -2.45. The van der Waals surface area contributed by atoms with Crippen LogP contribution in [0.2, 0.25) is 0 Å². The highest BCUT2D eigenvalue weighted by Crippen LogP contribution is 2.20. The number of unbranched alkanes of at least 4 members (excludes halogenated alkanes) is 65. The smallest absolute Gasteiger partial charge is 0.305 e. The Morgan fingerprint density at radius 2 is 0.535 bits per heavy atom. The van der Waals surface area contributed by atoms with Crippen molar-refractivity contribution >= 4 is 11.9 Å². The molecule has 6 heteroatoms. The Bertz CT molecular complexity index is 1300. The van der Waals surface area contributed by atoms with Gasteiger partial charge in [-0.05, 0) is 32.1 Å². The quantitative estimate of drug-likeness (QED) is 0.0320. The third kappa shape index (κ3) is 71.7. The minimum atomic E-state index is -0.841. The summed E-state index contributed by atoms with van der Waals surface area (Å²) in [6.45, 7) is 4.97. The Kier molecular flexibility index (Phi) is 74.8. The maximum atomic E-state index is 12.5. The summed E-state index contributed by atoms with van der Waals surface area (Å²) in [6.07, 6.45) is 96.3. The number of esters is 1. The molecule has 0 spiro atoms. The largest absolute Gasteiger partial charge is 0.466 e. The molecular formula is C80H157NO5. The second kappa shape index (κ2) is 76.1. The second-order valence-corrected chi connectivity index (χ2v) is 27.8. The minimum absolute atomic E-state index is 0.0262. The predicted molar refractivity (Wildman–Crippen MR) is 380 cm³/mol. The lowest BCUT2D eigenvalue weighted by atomic mass is 10.0. The lowest BCUT2D eigenvalue weighted by molar-refractivity contribution is -0.143. The van der Waals surface area contributed by atoms with Gasteiger partial charge in [0.15, 0.2) is 0 Å². The van der Waals surface area contributed by atoms with Crippen molar-refractivity contribution in [3.63, 3.8) is 0 Å². The number of hydrogen-bond acceptors (Lipinski definition) is 5. The Hall–Kier alpha value is -1.40. The van der Waals surface area contributed by atoms with Crippen LogP contribution in [-0.4, -0.2) is 47.4 Å². The van der Waals surface area contributed by atoms with E-state index >= 15 is 0 Å². The van der Waals surface area contributed by atoms with Gasteiger partial charge in [-0.1, -0.05) is 431 Å². The molecule has 0 saturated heterocycles. The van der Waals surface area contributed by atoms with E-state index in [0.717, 1.165) is 38.5 Å². The van der Waals surface area contributed by atoms with E-state index in [9.17, 15) is 19.8 Å². The summed E-state index contributed by atoms with van der Waals surface area (Å²) in [7, 11) is 0. The van der Waals surface area contributed by atoms with Crippen molar-refractivity contribution in [2.24, 2.45) is 0 Å². The molecule has 0 aliphatic rings. The van der Waals surface area contributed by atoms with Gasteiger partial charge >= 0.3 is 5.97 Å². The van der Waals surface area contributed by atoms with Gasteiger partial charge in [-0.3, -0.25) is 9.59 Å². The van der Waals surface area contributed by atoms with Crippen LogP contribution in [0.15, 0.2) is 12.2 Å². The van der Waals surface area contributed by atoms with Crippen molar-refractivity contribution in [3.05, 3.63) is 12.2 Å². The fourth-order valence-corrected chi connectivity index (χ4v) is 13.0. The standard InChI is InChI=1S/C80H157NO5/c1-3-5-7-9-11-13-15-17-19-21-22-38-41-44-48-52-56-60-64-68-72-78(83)77(76-82)81-79(84)73-69-65-61-57-53-49-45-42-39-36-34-32-30-28-26-24-23-25-27-29-31-33-35-37-40-43-47-51-55-59-63-67-71-75-86-80(85)74-70-66-62-58-54-50-46-20-18-16-14-12-10-8-6-4-2/h68,72,77-78,82-83H,3-67,69-71,73-76H2,1-2H3,(H,81,84)/b72-68+. The van der Waals surface area contributed by atoms with Crippen LogP contribution in [0.4, 0.5) is 0 Å².